The van der Waals surface area contributed by atoms with Crippen LogP contribution in [0.15, 0.2) is 55.1 Å². The monoisotopic (exact) mass is 375 g/mol. The Bertz CT molecular complexity index is 893. The largest absolute Gasteiger partial charge is 0.369 e. The van der Waals surface area contributed by atoms with Gasteiger partial charge in [-0.3, -0.25) is 4.79 Å². The highest BCUT2D eigenvalue weighted by Crippen LogP contribution is 2.52. The molecule has 4 rings (SSSR count). The summed E-state index contributed by atoms with van der Waals surface area (Å²) in [7, 11) is 0. The van der Waals surface area contributed by atoms with Gasteiger partial charge in [0.25, 0.3) is 5.91 Å². The highest BCUT2D eigenvalue weighted by molar-refractivity contribution is 5.95. The smallest absolute Gasteiger partial charge is 0.254 e. The van der Waals surface area contributed by atoms with E-state index >= 15 is 0 Å². The molecule has 0 bridgehead atoms. The lowest BCUT2D eigenvalue weighted by Gasteiger charge is -2.40. The number of amides is 1. The average molecular weight is 376 g/mol. The Hall–Kier alpha value is -2.39. The zero-order chi connectivity index (χ0) is 19.7. The predicted molar refractivity (Wildman–Crippen MR) is 113 cm³/mol. The molecule has 2 aromatic rings. The van der Waals surface area contributed by atoms with Crippen molar-refractivity contribution in [1.82, 2.24) is 4.90 Å². The third-order valence-electron chi connectivity index (χ3n) is 6.50. The Kier molecular flexibility index (Phi) is 5.11. The number of benzene rings is 2. The van der Waals surface area contributed by atoms with Crippen LogP contribution in [0.3, 0.4) is 0 Å². The molecule has 0 radical (unpaired) electrons. The summed E-state index contributed by atoms with van der Waals surface area (Å²) in [5.41, 5.74) is 6.05. The molecule has 0 saturated carbocycles. The Morgan fingerprint density at radius 1 is 1.21 bits per heavy atom. The summed E-state index contributed by atoms with van der Waals surface area (Å²) in [5.74, 6) is 0.162. The van der Waals surface area contributed by atoms with Crippen molar-refractivity contribution < 1.29 is 9.53 Å². The van der Waals surface area contributed by atoms with Crippen LogP contribution in [0, 0.1) is 13.8 Å². The number of ether oxygens (including phenoxy) is 1. The van der Waals surface area contributed by atoms with Gasteiger partial charge in [0.15, 0.2) is 0 Å². The molecule has 1 aliphatic carbocycles. The number of hydrogen-bond donors (Lipinski definition) is 0. The maximum Gasteiger partial charge on any atom is 0.254 e. The third-order valence-corrected chi connectivity index (χ3v) is 6.50. The molecule has 2 aliphatic rings. The molecule has 0 N–H and O–H groups in total. The van der Waals surface area contributed by atoms with Gasteiger partial charge in [-0.25, -0.2) is 0 Å². The molecule has 1 amide bonds. The van der Waals surface area contributed by atoms with Crippen molar-refractivity contribution in [2.24, 2.45) is 0 Å². The molecule has 3 heteroatoms. The highest BCUT2D eigenvalue weighted by atomic mass is 16.5. The number of carbonyl (C=O) groups excluding carboxylic acids is 1. The molecule has 1 atom stereocenters. The van der Waals surface area contributed by atoms with E-state index in [1.807, 2.05) is 42.2 Å². The number of piperidine rings is 1. The molecule has 146 valence electrons. The summed E-state index contributed by atoms with van der Waals surface area (Å²) in [4.78, 5) is 15.0. The zero-order valence-corrected chi connectivity index (χ0v) is 16.9. The second-order valence-corrected chi connectivity index (χ2v) is 8.29. The van der Waals surface area contributed by atoms with E-state index in [9.17, 15) is 4.79 Å². The topological polar surface area (TPSA) is 29.5 Å². The van der Waals surface area contributed by atoms with Gasteiger partial charge in [-0.1, -0.05) is 48.0 Å². The fourth-order valence-electron chi connectivity index (χ4n) is 4.91. The van der Waals surface area contributed by atoms with Crippen LogP contribution in [-0.4, -0.2) is 30.5 Å². The molecule has 28 heavy (non-hydrogen) atoms. The molecular formula is C25H29NO2. The van der Waals surface area contributed by atoms with Crippen LogP contribution in [0.4, 0.5) is 0 Å². The molecular weight excluding hydrogens is 346 g/mol. The number of aryl methyl sites for hydroxylation is 2. The molecule has 1 heterocycles. The normalized spacial score (nSPS) is 20.2. The first kappa shape index (κ1) is 18.9. The van der Waals surface area contributed by atoms with Crippen LogP contribution in [0.2, 0.25) is 0 Å². The van der Waals surface area contributed by atoms with Crippen molar-refractivity contribution in [3.8, 4) is 0 Å². The summed E-state index contributed by atoms with van der Waals surface area (Å²) in [6.07, 6.45) is 4.95. The van der Waals surface area contributed by atoms with Crippen LogP contribution < -0.4 is 0 Å². The van der Waals surface area contributed by atoms with Crippen LogP contribution in [0.25, 0.3) is 0 Å². The lowest BCUT2D eigenvalue weighted by molar-refractivity contribution is 0.0449. The van der Waals surface area contributed by atoms with Crippen molar-refractivity contribution >= 4 is 5.91 Å². The van der Waals surface area contributed by atoms with Crippen molar-refractivity contribution in [1.29, 1.82) is 0 Å². The van der Waals surface area contributed by atoms with E-state index in [1.165, 1.54) is 16.7 Å². The van der Waals surface area contributed by atoms with E-state index in [0.717, 1.165) is 43.5 Å². The van der Waals surface area contributed by atoms with E-state index in [0.29, 0.717) is 6.61 Å². The summed E-state index contributed by atoms with van der Waals surface area (Å²) in [6, 6.07) is 14.6. The highest BCUT2D eigenvalue weighted by Gasteiger charge is 2.46. The average Bonchev–Trinajstić information content (AvgIpc) is 2.99. The van der Waals surface area contributed by atoms with E-state index < -0.39 is 0 Å². The minimum absolute atomic E-state index is 0.121. The SMILES string of the molecule is C=CCO[C@H]1CC2(CCN(C(=O)c3ccccc3C)CC2)c2cc(C)ccc21. The second kappa shape index (κ2) is 7.56. The third kappa shape index (κ3) is 3.29. The van der Waals surface area contributed by atoms with Gasteiger partial charge in [0.2, 0.25) is 0 Å². The summed E-state index contributed by atoms with van der Waals surface area (Å²) in [6.45, 7) is 10.1. The summed E-state index contributed by atoms with van der Waals surface area (Å²) in [5, 5.41) is 0. The first-order valence-corrected chi connectivity index (χ1v) is 10.2. The lowest BCUT2D eigenvalue weighted by Crippen LogP contribution is -2.44. The zero-order valence-electron chi connectivity index (χ0n) is 16.9. The Morgan fingerprint density at radius 2 is 1.96 bits per heavy atom. The van der Waals surface area contributed by atoms with Crippen molar-refractivity contribution in [2.45, 2.75) is 44.6 Å². The van der Waals surface area contributed by atoms with Gasteiger partial charge in [0, 0.05) is 24.1 Å². The number of rotatable bonds is 4. The molecule has 3 nitrogen and oxygen atoms in total. The Labute approximate surface area is 168 Å². The van der Waals surface area contributed by atoms with Crippen molar-refractivity contribution in [3.63, 3.8) is 0 Å². The van der Waals surface area contributed by atoms with E-state index in [-0.39, 0.29) is 17.4 Å². The first-order valence-electron chi connectivity index (χ1n) is 10.2. The number of fused-ring (bicyclic) bond motifs is 2. The standard InChI is InChI=1S/C25H29NO2/c1-4-15-28-23-17-25(22-16-18(2)9-10-21(22)23)11-13-26(14-12-25)24(27)20-8-6-5-7-19(20)3/h4-10,16,23H,1,11-15,17H2,2-3H3/t23-/m0/s1. The molecule has 0 aromatic heterocycles. The minimum Gasteiger partial charge on any atom is -0.369 e. The number of hydrogen-bond acceptors (Lipinski definition) is 2. The van der Waals surface area contributed by atoms with Gasteiger partial charge < -0.3 is 9.64 Å². The number of likely N-dealkylation sites (tertiary alicyclic amines) is 1. The Morgan fingerprint density at radius 3 is 2.68 bits per heavy atom. The lowest BCUT2D eigenvalue weighted by atomic mass is 9.73. The van der Waals surface area contributed by atoms with Crippen LogP contribution >= 0.6 is 0 Å². The quantitative estimate of drug-likeness (QED) is 0.694. The summed E-state index contributed by atoms with van der Waals surface area (Å²) >= 11 is 0. The molecule has 1 fully saturated rings. The van der Waals surface area contributed by atoms with Gasteiger partial charge in [0.1, 0.15) is 0 Å². The Balaban J connectivity index is 1.55. The van der Waals surface area contributed by atoms with Gasteiger partial charge in [-0.05, 0) is 55.9 Å². The van der Waals surface area contributed by atoms with E-state index in [1.54, 1.807) is 0 Å². The maximum absolute atomic E-state index is 13.0. The van der Waals surface area contributed by atoms with Crippen molar-refractivity contribution in [2.75, 3.05) is 19.7 Å². The van der Waals surface area contributed by atoms with Gasteiger partial charge in [0.05, 0.1) is 12.7 Å². The van der Waals surface area contributed by atoms with Gasteiger partial charge in [-0.15, -0.1) is 6.58 Å². The van der Waals surface area contributed by atoms with E-state index in [4.69, 9.17) is 4.74 Å². The van der Waals surface area contributed by atoms with Crippen LogP contribution in [0.1, 0.15) is 58.0 Å². The molecule has 1 aliphatic heterocycles. The fraction of sp³-hybridized carbons (Fsp3) is 0.400. The van der Waals surface area contributed by atoms with Crippen molar-refractivity contribution in [3.05, 3.63) is 82.9 Å². The maximum atomic E-state index is 13.0. The second-order valence-electron chi connectivity index (χ2n) is 8.29. The number of nitrogens with zero attached hydrogens (tertiary/aromatic N) is 1. The van der Waals surface area contributed by atoms with E-state index in [2.05, 4.69) is 31.7 Å². The fourth-order valence-corrected chi connectivity index (χ4v) is 4.91. The molecule has 1 spiro atoms. The van der Waals surface area contributed by atoms with Gasteiger partial charge >= 0.3 is 0 Å². The molecule has 1 saturated heterocycles. The molecule has 0 unspecified atom stereocenters. The van der Waals surface area contributed by atoms with Gasteiger partial charge in [-0.2, -0.15) is 0 Å². The molecule has 2 aromatic carbocycles. The number of carbonyl (C=O) groups is 1. The predicted octanol–water partition coefficient (Wildman–Crippen LogP) is 5.12. The summed E-state index contributed by atoms with van der Waals surface area (Å²) < 4.78 is 6.11. The minimum atomic E-state index is 0.121. The van der Waals surface area contributed by atoms with Crippen LogP contribution in [-0.2, 0) is 10.2 Å². The first-order chi connectivity index (χ1) is 13.5. The van der Waals surface area contributed by atoms with Crippen LogP contribution in [0.5, 0.6) is 0 Å².